The van der Waals surface area contributed by atoms with Crippen LogP contribution in [-0.4, -0.2) is 74.9 Å². The minimum absolute atomic E-state index is 0.158. The predicted molar refractivity (Wildman–Crippen MR) is 179 cm³/mol. The smallest absolute Gasteiger partial charge is 0.327 e. The fourth-order valence-corrected chi connectivity index (χ4v) is 6.49. The summed E-state index contributed by atoms with van der Waals surface area (Å²) in [5.41, 5.74) is 2.28. The van der Waals surface area contributed by atoms with Crippen molar-refractivity contribution in [2.45, 2.75) is 38.5 Å². The van der Waals surface area contributed by atoms with Crippen molar-refractivity contribution < 1.29 is 14.3 Å². The Hall–Kier alpha value is -3.47. The molecule has 0 spiro atoms. The molecule has 0 unspecified atom stereocenters. The molecular weight excluding hydrogens is 601 g/mol. The Morgan fingerprint density at radius 3 is 2.18 bits per heavy atom. The van der Waals surface area contributed by atoms with E-state index in [4.69, 9.17) is 32.7 Å². The number of hydrogen-bond acceptors (Lipinski definition) is 8. The molecule has 1 saturated carbocycles. The minimum Gasteiger partial charge on any atom is -0.495 e. The van der Waals surface area contributed by atoms with Crippen LogP contribution in [0.5, 0.6) is 11.5 Å². The van der Waals surface area contributed by atoms with Crippen LogP contribution in [0.4, 0.5) is 33.5 Å². The third kappa shape index (κ3) is 7.78. The molecule has 1 aromatic heterocycles. The van der Waals surface area contributed by atoms with Gasteiger partial charge in [-0.15, -0.1) is 0 Å². The number of benzene rings is 2. The third-order valence-corrected chi connectivity index (χ3v) is 9.23. The molecule has 10 nitrogen and oxygen atoms in total. The topological polar surface area (TPSA) is 95.1 Å². The van der Waals surface area contributed by atoms with E-state index < -0.39 is 6.03 Å². The van der Waals surface area contributed by atoms with E-state index in [0.29, 0.717) is 23.1 Å². The number of nitrogens with one attached hydrogen (secondary N) is 2. The summed E-state index contributed by atoms with van der Waals surface area (Å²) in [4.78, 5) is 28.2. The summed E-state index contributed by atoms with van der Waals surface area (Å²) in [5, 5.41) is 6.36. The molecular formula is C32H41Cl2N7O3. The Kier molecular flexibility index (Phi) is 10.9. The summed E-state index contributed by atoms with van der Waals surface area (Å²) in [6.45, 7) is 5.58. The van der Waals surface area contributed by atoms with Crippen LogP contribution in [0.2, 0.25) is 10.0 Å². The SMILES string of the molecule is COc1cc(OC)c(Cl)c(NC(=O)N(C)c2cc(Nc3ccc(N4CCN(CC5CCCCCC5)CC4)cc3)ncn2)c1Cl. The highest BCUT2D eigenvalue weighted by Crippen LogP contribution is 2.44. The summed E-state index contributed by atoms with van der Waals surface area (Å²) < 4.78 is 10.6. The zero-order chi connectivity index (χ0) is 31.1. The van der Waals surface area contributed by atoms with E-state index in [0.717, 1.165) is 37.8 Å². The van der Waals surface area contributed by atoms with Crippen molar-refractivity contribution in [2.24, 2.45) is 5.92 Å². The van der Waals surface area contributed by atoms with Crippen molar-refractivity contribution in [1.82, 2.24) is 14.9 Å². The van der Waals surface area contributed by atoms with Crippen molar-refractivity contribution in [3.63, 3.8) is 0 Å². The lowest BCUT2D eigenvalue weighted by atomic mass is 9.99. The number of halogens is 2. The molecule has 5 rings (SSSR count). The second kappa shape index (κ2) is 15.0. The first-order chi connectivity index (χ1) is 21.4. The van der Waals surface area contributed by atoms with Gasteiger partial charge in [0.05, 0.1) is 19.9 Å². The van der Waals surface area contributed by atoms with E-state index in [1.165, 1.54) is 76.2 Å². The van der Waals surface area contributed by atoms with Crippen molar-refractivity contribution in [3.05, 3.63) is 52.8 Å². The van der Waals surface area contributed by atoms with Gasteiger partial charge in [-0.2, -0.15) is 0 Å². The van der Waals surface area contributed by atoms with Crippen LogP contribution >= 0.6 is 23.2 Å². The lowest BCUT2D eigenvalue weighted by molar-refractivity contribution is 0.208. The van der Waals surface area contributed by atoms with Gasteiger partial charge in [0.25, 0.3) is 0 Å². The molecule has 2 aromatic carbocycles. The highest BCUT2D eigenvalue weighted by Gasteiger charge is 2.23. The fourth-order valence-electron chi connectivity index (χ4n) is 5.89. The Morgan fingerprint density at radius 2 is 1.57 bits per heavy atom. The fraction of sp³-hybridized carbons (Fsp3) is 0.469. The Balaban J connectivity index is 1.17. The number of urea groups is 1. The summed E-state index contributed by atoms with van der Waals surface area (Å²) in [6.07, 6.45) is 9.82. The molecule has 2 fully saturated rings. The van der Waals surface area contributed by atoms with Crippen LogP contribution < -0.4 is 29.9 Å². The van der Waals surface area contributed by atoms with Crippen LogP contribution in [0, 0.1) is 5.92 Å². The second-order valence-corrected chi connectivity index (χ2v) is 12.1. The first-order valence-electron chi connectivity index (χ1n) is 15.2. The number of rotatable bonds is 9. The van der Waals surface area contributed by atoms with Gasteiger partial charge in [-0.05, 0) is 43.0 Å². The zero-order valence-electron chi connectivity index (χ0n) is 25.6. The molecule has 44 heavy (non-hydrogen) atoms. The number of carbonyl (C=O) groups excluding carboxylic acids is 1. The zero-order valence-corrected chi connectivity index (χ0v) is 27.1. The molecule has 2 heterocycles. The Bertz CT molecular complexity index is 1380. The average molecular weight is 643 g/mol. The normalized spacial score (nSPS) is 16.2. The summed E-state index contributed by atoms with van der Waals surface area (Å²) in [5.74, 6) is 2.43. The third-order valence-electron chi connectivity index (χ3n) is 8.47. The standard InChI is InChI=1S/C32H41Cl2N7O3/c1-39(32(42)38-31-29(33)25(43-2)18-26(44-3)30(31)34)28-19-27(35-21-36-28)37-23-10-12-24(13-11-23)41-16-14-40(15-17-41)20-22-8-6-4-5-7-9-22/h10-13,18-19,21-22H,4-9,14-17,20H2,1-3H3,(H,38,42)(H,35,36,37). The van der Waals surface area contributed by atoms with Crippen molar-refractivity contribution in [3.8, 4) is 11.5 Å². The quantitative estimate of drug-likeness (QED) is 0.235. The van der Waals surface area contributed by atoms with Crippen molar-refractivity contribution in [1.29, 1.82) is 0 Å². The lowest BCUT2D eigenvalue weighted by Crippen LogP contribution is -2.47. The number of piperazine rings is 1. The average Bonchev–Trinajstić information content (AvgIpc) is 3.32. The maximum atomic E-state index is 13.1. The van der Waals surface area contributed by atoms with Crippen LogP contribution in [0.3, 0.4) is 0 Å². The molecule has 0 bridgehead atoms. The summed E-state index contributed by atoms with van der Waals surface area (Å²) in [6, 6.07) is 11.1. The molecule has 3 aromatic rings. The summed E-state index contributed by atoms with van der Waals surface area (Å²) in [7, 11) is 4.52. The van der Waals surface area contributed by atoms with Crippen molar-refractivity contribution >= 4 is 57.9 Å². The molecule has 0 atom stereocenters. The van der Waals surface area contributed by atoms with Gasteiger partial charge in [0.2, 0.25) is 0 Å². The van der Waals surface area contributed by atoms with Gasteiger partial charge in [0.15, 0.2) is 0 Å². The van der Waals surface area contributed by atoms with E-state index in [1.54, 1.807) is 19.2 Å². The van der Waals surface area contributed by atoms with Gasteiger partial charge in [0.1, 0.15) is 39.5 Å². The molecule has 2 aliphatic rings. The van der Waals surface area contributed by atoms with Crippen molar-refractivity contribution in [2.75, 3.05) is 74.4 Å². The molecule has 1 aliphatic heterocycles. The molecule has 1 aliphatic carbocycles. The second-order valence-electron chi connectivity index (χ2n) is 11.4. The van der Waals surface area contributed by atoms with Gasteiger partial charge in [-0.1, -0.05) is 48.9 Å². The number of ether oxygens (including phenoxy) is 2. The predicted octanol–water partition coefficient (Wildman–Crippen LogP) is 7.30. The Labute approximate surface area is 269 Å². The number of methoxy groups -OCH3 is 2. The number of amides is 2. The molecule has 2 amide bonds. The highest BCUT2D eigenvalue weighted by molar-refractivity contribution is 6.41. The van der Waals surface area contributed by atoms with Gasteiger partial charge in [0, 0.05) is 63.3 Å². The first kappa shape index (κ1) is 31.9. The molecule has 0 radical (unpaired) electrons. The van der Waals surface area contributed by atoms with E-state index in [1.807, 2.05) is 12.1 Å². The monoisotopic (exact) mass is 641 g/mol. The molecule has 1 saturated heterocycles. The maximum absolute atomic E-state index is 13.1. The van der Waals surface area contributed by atoms with Gasteiger partial charge in [-0.25, -0.2) is 14.8 Å². The first-order valence-corrected chi connectivity index (χ1v) is 15.9. The van der Waals surface area contributed by atoms with E-state index in [2.05, 4.69) is 42.5 Å². The number of carbonyl (C=O) groups is 1. The van der Waals surface area contributed by atoms with E-state index >= 15 is 0 Å². The number of hydrogen-bond donors (Lipinski definition) is 2. The van der Waals surface area contributed by atoms with Gasteiger partial charge in [-0.3, -0.25) is 9.80 Å². The van der Waals surface area contributed by atoms with Crippen LogP contribution in [0.25, 0.3) is 0 Å². The number of nitrogens with zero attached hydrogens (tertiary/aromatic N) is 5. The van der Waals surface area contributed by atoms with Gasteiger partial charge >= 0.3 is 6.03 Å². The van der Waals surface area contributed by atoms with Crippen LogP contribution in [0.1, 0.15) is 38.5 Å². The number of aromatic nitrogens is 2. The van der Waals surface area contributed by atoms with E-state index in [-0.39, 0.29) is 15.7 Å². The van der Waals surface area contributed by atoms with Crippen LogP contribution in [0.15, 0.2) is 42.7 Å². The highest BCUT2D eigenvalue weighted by atomic mass is 35.5. The molecule has 12 heteroatoms. The van der Waals surface area contributed by atoms with Crippen LogP contribution in [-0.2, 0) is 0 Å². The molecule has 2 N–H and O–H groups in total. The van der Waals surface area contributed by atoms with E-state index in [9.17, 15) is 4.79 Å². The molecule has 236 valence electrons. The number of anilines is 5. The largest absolute Gasteiger partial charge is 0.495 e. The Morgan fingerprint density at radius 1 is 0.932 bits per heavy atom. The summed E-state index contributed by atoms with van der Waals surface area (Å²) >= 11 is 12.8. The minimum atomic E-state index is -0.507. The lowest BCUT2D eigenvalue weighted by Gasteiger charge is -2.37. The maximum Gasteiger partial charge on any atom is 0.327 e. The van der Waals surface area contributed by atoms with Gasteiger partial charge < -0.3 is 25.0 Å².